The molecule has 0 unspecified atom stereocenters. The van der Waals surface area contributed by atoms with E-state index in [2.05, 4.69) is 9.97 Å². The minimum Gasteiger partial charge on any atom is -0.396 e. The second kappa shape index (κ2) is 18.4. The third kappa shape index (κ3) is 13.8. The van der Waals surface area contributed by atoms with Gasteiger partial charge in [-0.3, -0.25) is 9.59 Å². The number of imidazole rings is 1. The average Bonchev–Trinajstić information content (AvgIpc) is 2.99. The first-order valence-corrected chi connectivity index (χ1v) is 10.4. The fraction of sp³-hybridized carbons (Fsp3) is 0.684. The Bertz CT molecular complexity index is 586. The van der Waals surface area contributed by atoms with E-state index in [0.29, 0.717) is 31.7 Å². The second-order valence-electron chi connectivity index (χ2n) is 6.54. The zero-order valence-corrected chi connectivity index (χ0v) is 18.7. The van der Waals surface area contributed by atoms with Gasteiger partial charge in [0.05, 0.1) is 63.4 Å². The highest BCUT2D eigenvalue weighted by Crippen LogP contribution is 2.20. The molecular formula is C19H30Cl2N2O7. The molecule has 172 valence electrons. The summed E-state index contributed by atoms with van der Waals surface area (Å²) in [5, 5.41) is 8.50. The van der Waals surface area contributed by atoms with E-state index in [1.54, 1.807) is 0 Å². The summed E-state index contributed by atoms with van der Waals surface area (Å²) in [5.41, 5.74) is 1.13. The van der Waals surface area contributed by atoms with Crippen LogP contribution < -0.4 is 0 Å². The number of aldehydes is 2. The van der Waals surface area contributed by atoms with E-state index in [4.69, 9.17) is 47.3 Å². The number of hydrogen-bond donors (Lipinski definition) is 2. The molecule has 0 bridgehead atoms. The number of aliphatic hydroxyl groups excluding tert-OH is 1. The van der Waals surface area contributed by atoms with Gasteiger partial charge in [-0.25, -0.2) is 4.98 Å². The monoisotopic (exact) mass is 468 g/mol. The topological polar surface area (TPSA) is 128 Å². The van der Waals surface area contributed by atoms with Crippen LogP contribution >= 0.6 is 23.2 Å². The fourth-order valence-electron chi connectivity index (χ4n) is 1.76. The summed E-state index contributed by atoms with van der Waals surface area (Å²) in [7, 11) is 0. The molecule has 4 rings (SSSR count). The van der Waals surface area contributed by atoms with Gasteiger partial charge in [-0.05, 0) is 6.92 Å². The number of aromatic nitrogens is 2. The maximum Gasteiger partial charge on any atom is 0.192 e. The van der Waals surface area contributed by atoms with Gasteiger partial charge in [0, 0.05) is 24.7 Å². The van der Waals surface area contributed by atoms with Crippen LogP contribution in [0, 0.1) is 18.8 Å². The predicted octanol–water partition coefficient (Wildman–Crippen LogP) is 1.48. The zero-order valence-electron chi connectivity index (χ0n) is 17.2. The summed E-state index contributed by atoms with van der Waals surface area (Å²) < 4.78 is 14.5. The van der Waals surface area contributed by atoms with Crippen molar-refractivity contribution < 1.29 is 33.7 Å². The number of carbonyl (C=O) groups excluding carboxylic acids is 3. The Hall–Kier alpha value is -1.36. The van der Waals surface area contributed by atoms with Crippen LogP contribution in [0.15, 0.2) is 6.20 Å². The molecule has 30 heavy (non-hydrogen) atoms. The first-order valence-electron chi connectivity index (χ1n) is 9.30. The molecule has 9 nitrogen and oxygen atoms in total. The fourth-order valence-corrected chi connectivity index (χ4v) is 1.76. The van der Waals surface area contributed by atoms with Gasteiger partial charge in [-0.2, -0.15) is 0 Å². The number of alkyl halides is 2. The lowest BCUT2D eigenvalue weighted by atomic mass is 10.1. The molecule has 0 atom stereocenters. The Morgan fingerprint density at radius 2 is 1.67 bits per heavy atom. The molecule has 0 radical (unpaired) electrons. The van der Waals surface area contributed by atoms with Crippen LogP contribution in [0.4, 0.5) is 0 Å². The van der Waals surface area contributed by atoms with Crippen LogP contribution in [-0.4, -0.2) is 85.0 Å². The van der Waals surface area contributed by atoms with Crippen molar-refractivity contribution in [1.82, 2.24) is 9.97 Å². The van der Waals surface area contributed by atoms with Crippen molar-refractivity contribution in [1.29, 1.82) is 0 Å². The molecule has 3 saturated heterocycles. The standard InChI is InChI=1S/C7H10N2O.C4H8O2.C4H6O2.C3H4O2.CH2Cl2/c1-5-2-8-7(9-5)6-3-10-4-6;2*5-1-4-2-6-3-4;1-3(5)2-4;2-1-3/h2,6H,3-4H2,1H3,(H,8,9);4-5H,1-3H2;1,4H,2-3H2;2H,1H3;1H2. The number of ketones is 1. The normalized spacial score (nSPS) is 17.2. The van der Waals surface area contributed by atoms with Crippen LogP contribution in [0.2, 0.25) is 0 Å². The molecular weight excluding hydrogens is 439 g/mol. The minimum atomic E-state index is -0.426. The molecule has 0 spiro atoms. The number of Topliss-reactive ketones (excluding diaryl/α,β-unsaturated/α-hetero) is 1. The van der Waals surface area contributed by atoms with Gasteiger partial charge >= 0.3 is 0 Å². The molecule has 0 aromatic carbocycles. The molecule has 3 aliphatic heterocycles. The number of nitrogens with zero attached hydrogens (tertiary/aromatic N) is 1. The Morgan fingerprint density at radius 3 is 1.80 bits per heavy atom. The summed E-state index contributed by atoms with van der Waals surface area (Å²) in [6, 6.07) is 0. The van der Waals surface area contributed by atoms with Crippen LogP contribution in [-0.2, 0) is 28.6 Å². The largest absolute Gasteiger partial charge is 0.396 e. The third-order valence-corrected chi connectivity index (χ3v) is 3.73. The molecule has 0 saturated carbocycles. The summed E-state index contributed by atoms with van der Waals surface area (Å²) in [5.74, 6) is 1.83. The van der Waals surface area contributed by atoms with Gasteiger partial charge in [0.1, 0.15) is 12.1 Å². The van der Waals surface area contributed by atoms with E-state index in [0.717, 1.165) is 44.2 Å². The van der Waals surface area contributed by atoms with Crippen LogP contribution in [0.5, 0.6) is 0 Å². The van der Waals surface area contributed by atoms with Gasteiger partial charge in [0.15, 0.2) is 12.1 Å². The number of aromatic amines is 1. The van der Waals surface area contributed by atoms with E-state index in [1.807, 2.05) is 13.1 Å². The highest BCUT2D eigenvalue weighted by molar-refractivity contribution is 6.40. The van der Waals surface area contributed by atoms with Crippen molar-refractivity contribution in [3.63, 3.8) is 0 Å². The molecule has 11 heteroatoms. The van der Waals surface area contributed by atoms with Crippen molar-refractivity contribution in [3.8, 4) is 0 Å². The number of H-pyrrole nitrogens is 1. The Balaban J connectivity index is 0.000000372. The first-order chi connectivity index (χ1) is 14.4. The van der Waals surface area contributed by atoms with Crippen molar-refractivity contribution in [2.24, 2.45) is 11.8 Å². The molecule has 1 aromatic heterocycles. The minimum absolute atomic E-state index is 0.194. The Kier molecular flexibility index (Phi) is 17.6. The zero-order chi connectivity index (χ0) is 22.8. The molecule has 3 aliphatic rings. The first kappa shape index (κ1) is 28.6. The second-order valence-corrected chi connectivity index (χ2v) is 7.34. The summed E-state index contributed by atoms with van der Waals surface area (Å²) in [4.78, 5) is 35.7. The maximum absolute atomic E-state index is 9.71. The van der Waals surface area contributed by atoms with Crippen LogP contribution in [0.25, 0.3) is 0 Å². The van der Waals surface area contributed by atoms with Crippen molar-refractivity contribution in [2.45, 2.75) is 19.8 Å². The van der Waals surface area contributed by atoms with E-state index in [9.17, 15) is 9.59 Å². The van der Waals surface area contributed by atoms with Gasteiger partial charge in [-0.1, -0.05) is 0 Å². The lowest BCUT2D eigenvalue weighted by Gasteiger charge is -2.23. The number of hydrogen-bond acceptors (Lipinski definition) is 8. The molecule has 1 aromatic rings. The molecule has 4 heterocycles. The smallest absolute Gasteiger partial charge is 0.192 e. The number of aryl methyl sites for hydroxylation is 1. The number of carbonyl (C=O) groups is 3. The van der Waals surface area contributed by atoms with Crippen LogP contribution in [0.3, 0.4) is 0 Å². The summed E-state index contributed by atoms with van der Waals surface area (Å²) in [6.07, 6.45) is 3.07. The maximum atomic E-state index is 9.71. The lowest BCUT2D eigenvalue weighted by Crippen LogP contribution is -2.30. The quantitative estimate of drug-likeness (QED) is 0.386. The number of nitrogens with one attached hydrogen (secondary N) is 1. The highest BCUT2D eigenvalue weighted by Gasteiger charge is 2.22. The number of halogens is 2. The predicted molar refractivity (Wildman–Crippen MR) is 112 cm³/mol. The van der Waals surface area contributed by atoms with E-state index < -0.39 is 5.78 Å². The highest BCUT2D eigenvalue weighted by atomic mass is 35.5. The number of aliphatic hydroxyl groups is 1. The molecule has 3 fully saturated rings. The van der Waals surface area contributed by atoms with Gasteiger partial charge in [0.25, 0.3) is 0 Å². The molecule has 2 N–H and O–H groups in total. The van der Waals surface area contributed by atoms with Gasteiger partial charge in [0.2, 0.25) is 0 Å². The van der Waals surface area contributed by atoms with Gasteiger partial charge in [-0.15, -0.1) is 23.2 Å². The summed E-state index contributed by atoms with van der Waals surface area (Å²) >= 11 is 9.53. The summed E-state index contributed by atoms with van der Waals surface area (Å²) in [6.45, 7) is 7.98. The lowest BCUT2D eigenvalue weighted by molar-refractivity contribution is -0.128. The average molecular weight is 469 g/mol. The van der Waals surface area contributed by atoms with E-state index in [-0.39, 0.29) is 17.5 Å². The van der Waals surface area contributed by atoms with E-state index >= 15 is 0 Å². The van der Waals surface area contributed by atoms with Crippen molar-refractivity contribution in [3.05, 3.63) is 17.7 Å². The third-order valence-electron chi connectivity index (χ3n) is 3.73. The van der Waals surface area contributed by atoms with Crippen molar-refractivity contribution in [2.75, 3.05) is 51.6 Å². The SMILES string of the molecule is CC(=O)C=O.Cc1cnc(C2COC2)[nH]1.ClCCl.O=CC1COC1.OCC1COC1. The Morgan fingerprint density at radius 1 is 1.17 bits per heavy atom. The van der Waals surface area contributed by atoms with Gasteiger partial charge < -0.3 is 29.1 Å². The molecule has 0 amide bonds. The van der Waals surface area contributed by atoms with Crippen LogP contribution in [0.1, 0.15) is 24.4 Å². The number of rotatable bonds is 4. The Labute approximate surface area is 186 Å². The molecule has 0 aliphatic carbocycles. The van der Waals surface area contributed by atoms with Crippen molar-refractivity contribution >= 4 is 41.6 Å². The number of ether oxygens (including phenoxy) is 3. The van der Waals surface area contributed by atoms with E-state index in [1.165, 1.54) is 6.92 Å².